The summed E-state index contributed by atoms with van der Waals surface area (Å²) in [5.74, 6) is 0. The van der Waals surface area contributed by atoms with Crippen LogP contribution in [-0.4, -0.2) is 57.3 Å². The number of ether oxygens (including phenoxy) is 1. The molecule has 0 aliphatic carbocycles. The highest BCUT2D eigenvalue weighted by atomic mass is 16.7. The first-order valence-electron chi connectivity index (χ1n) is 11.6. The second-order valence-corrected chi connectivity index (χ2v) is 11.1. The Balaban J connectivity index is 1.60. The molecular formula is C24H36BN3O4. The van der Waals surface area contributed by atoms with E-state index in [1.807, 2.05) is 37.8 Å². The summed E-state index contributed by atoms with van der Waals surface area (Å²) in [6, 6.07) is 8.49. The van der Waals surface area contributed by atoms with Crippen LogP contribution in [0.25, 0.3) is 10.9 Å². The van der Waals surface area contributed by atoms with Crippen molar-refractivity contribution in [3.8, 4) is 0 Å². The molecule has 174 valence electrons. The molecule has 2 aliphatic heterocycles. The van der Waals surface area contributed by atoms with Gasteiger partial charge in [0.1, 0.15) is 11.2 Å². The summed E-state index contributed by atoms with van der Waals surface area (Å²) in [7, 11) is -0.509. The molecule has 2 fully saturated rings. The standard InChI is InChI=1S/C24H36BN3O4/c1-16-15-17(13-14-27(16)21(29)30-22(2,3)4)28-19-12-10-9-11-18(19)20(26-28)25-31-23(5,6)24(7,8)32-25/h9-12,16-17H,13-15H2,1-8H3/t16-,17-/m0/s1. The van der Waals surface area contributed by atoms with Crippen molar-refractivity contribution in [3.05, 3.63) is 24.3 Å². The molecule has 2 aromatic rings. The zero-order chi connectivity index (χ0) is 23.5. The topological polar surface area (TPSA) is 65.8 Å². The maximum absolute atomic E-state index is 12.6. The Labute approximate surface area is 191 Å². The Bertz CT molecular complexity index is 994. The van der Waals surface area contributed by atoms with Gasteiger partial charge in [-0.25, -0.2) is 4.79 Å². The lowest BCUT2D eigenvalue weighted by Gasteiger charge is -2.38. The smallest absolute Gasteiger partial charge is 0.444 e. The van der Waals surface area contributed by atoms with Gasteiger partial charge < -0.3 is 18.9 Å². The summed E-state index contributed by atoms with van der Waals surface area (Å²) in [5, 5.41) is 6.07. The van der Waals surface area contributed by atoms with Crippen molar-refractivity contribution in [1.29, 1.82) is 0 Å². The monoisotopic (exact) mass is 441 g/mol. The number of carbonyl (C=O) groups excluding carboxylic acids is 1. The number of hydrogen-bond acceptors (Lipinski definition) is 5. The van der Waals surface area contributed by atoms with E-state index < -0.39 is 23.9 Å². The van der Waals surface area contributed by atoms with E-state index in [0.29, 0.717) is 6.54 Å². The Morgan fingerprint density at radius 2 is 1.78 bits per heavy atom. The quantitative estimate of drug-likeness (QED) is 0.651. The van der Waals surface area contributed by atoms with Crippen LogP contribution in [0.1, 0.15) is 74.3 Å². The summed E-state index contributed by atoms with van der Waals surface area (Å²) in [5.41, 5.74) is 0.552. The van der Waals surface area contributed by atoms with Crippen LogP contribution < -0.4 is 5.59 Å². The number of hydrogen-bond donors (Lipinski definition) is 0. The Hall–Kier alpha value is -2.06. The van der Waals surface area contributed by atoms with Gasteiger partial charge in [0.2, 0.25) is 0 Å². The first-order valence-corrected chi connectivity index (χ1v) is 11.6. The van der Waals surface area contributed by atoms with E-state index in [4.69, 9.17) is 19.1 Å². The highest BCUT2D eigenvalue weighted by Gasteiger charge is 2.53. The number of rotatable bonds is 2. The van der Waals surface area contributed by atoms with E-state index in [-0.39, 0.29) is 18.2 Å². The molecule has 2 aliphatic rings. The van der Waals surface area contributed by atoms with Gasteiger partial charge in [-0.1, -0.05) is 18.2 Å². The van der Waals surface area contributed by atoms with Gasteiger partial charge in [0.05, 0.1) is 22.8 Å². The van der Waals surface area contributed by atoms with Crippen LogP contribution in [-0.2, 0) is 14.0 Å². The van der Waals surface area contributed by atoms with Crippen molar-refractivity contribution < 1.29 is 18.8 Å². The van der Waals surface area contributed by atoms with Crippen LogP contribution in [0.5, 0.6) is 0 Å². The minimum absolute atomic E-state index is 0.0619. The van der Waals surface area contributed by atoms with Gasteiger partial charge in [0.15, 0.2) is 0 Å². The van der Waals surface area contributed by atoms with Crippen LogP contribution in [0.4, 0.5) is 4.79 Å². The molecule has 32 heavy (non-hydrogen) atoms. The molecule has 2 saturated heterocycles. The summed E-state index contributed by atoms with van der Waals surface area (Å²) in [6.45, 7) is 16.6. The summed E-state index contributed by atoms with van der Waals surface area (Å²) < 4.78 is 20.3. The normalized spacial score (nSPS) is 25.4. The van der Waals surface area contributed by atoms with Crippen LogP contribution >= 0.6 is 0 Å². The average Bonchev–Trinajstić information content (AvgIpc) is 3.14. The zero-order valence-corrected chi connectivity index (χ0v) is 20.6. The molecule has 0 N–H and O–H groups in total. The number of likely N-dealkylation sites (tertiary alicyclic amines) is 1. The number of nitrogens with zero attached hydrogens (tertiary/aromatic N) is 3. The van der Waals surface area contributed by atoms with Crippen LogP contribution in [0.15, 0.2) is 24.3 Å². The van der Waals surface area contributed by atoms with Crippen molar-refractivity contribution in [2.75, 3.05) is 6.54 Å². The maximum atomic E-state index is 12.6. The van der Waals surface area contributed by atoms with Crippen molar-refractivity contribution in [2.24, 2.45) is 0 Å². The Morgan fingerprint density at radius 3 is 2.38 bits per heavy atom. The lowest BCUT2D eigenvalue weighted by molar-refractivity contribution is 0.00578. The number of fused-ring (bicyclic) bond motifs is 1. The minimum atomic E-state index is -0.509. The van der Waals surface area contributed by atoms with E-state index in [1.54, 1.807) is 0 Å². The molecule has 1 aromatic carbocycles. The molecule has 0 spiro atoms. The molecule has 8 heteroatoms. The number of amides is 1. The Kier molecular flexibility index (Phi) is 5.61. The van der Waals surface area contributed by atoms with Gasteiger partial charge in [-0.15, -0.1) is 0 Å². The number of aromatic nitrogens is 2. The molecule has 0 bridgehead atoms. The van der Waals surface area contributed by atoms with Crippen molar-refractivity contribution in [3.63, 3.8) is 0 Å². The van der Waals surface area contributed by atoms with Crippen molar-refractivity contribution in [2.45, 2.75) is 97.1 Å². The van der Waals surface area contributed by atoms with Gasteiger partial charge in [-0.2, -0.15) is 5.10 Å². The van der Waals surface area contributed by atoms with Crippen molar-refractivity contribution >= 4 is 29.7 Å². The van der Waals surface area contributed by atoms with E-state index in [1.165, 1.54) is 0 Å². The van der Waals surface area contributed by atoms with Gasteiger partial charge in [0, 0.05) is 18.0 Å². The molecule has 7 nitrogen and oxygen atoms in total. The summed E-state index contributed by atoms with van der Waals surface area (Å²) in [6.07, 6.45) is 1.39. The SMILES string of the molecule is C[C@H]1C[C@@H](n2nc(B3OC(C)(C)C(C)(C)O3)c3ccccc32)CCN1C(=O)OC(C)(C)C. The first-order chi connectivity index (χ1) is 14.8. The van der Waals surface area contributed by atoms with E-state index in [0.717, 1.165) is 29.3 Å². The molecule has 4 rings (SSSR count). The van der Waals surface area contributed by atoms with Gasteiger partial charge in [-0.3, -0.25) is 4.68 Å². The number of para-hydroxylation sites is 1. The predicted molar refractivity (Wildman–Crippen MR) is 126 cm³/mol. The summed E-state index contributed by atoms with van der Waals surface area (Å²) >= 11 is 0. The second kappa shape index (κ2) is 7.77. The Morgan fingerprint density at radius 1 is 1.16 bits per heavy atom. The highest BCUT2D eigenvalue weighted by Crippen LogP contribution is 2.37. The fourth-order valence-corrected chi connectivity index (χ4v) is 4.48. The fraction of sp³-hybridized carbons (Fsp3) is 0.667. The zero-order valence-electron chi connectivity index (χ0n) is 20.6. The number of benzene rings is 1. The summed E-state index contributed by atoms with van der Waals surface area (Å²) in [4.78, 5) is 14.5. The molecule has 0 saturated carbocycles. The lowest BCUT2D eigenvalue weighted by Crippen LogP contribution is -2.47. The van der Waals surface area contributed by atoms with Crippen LogP contribution in [0.3, 0.4) is 0 Å². The predicted octanol–water partition coefficient (Wildman–Crippen LogP) is 4.30. The number of carbonyl (C=O) groups is 1. The van der Waals surface area contributed by atoms with Gasteiger partial charge >= 0.3 is 13.2 Å². The molecule has 1 amide bonds. The molecule has 3 heterocycles. The first kappa shape index (κ1) is 23.1. The molecule has 0 radical (unpaired) electrons. The third-order valence-electron chi connectivity index (χ3n) is 6.94. The molecule has 1 aromatic heterocycles. The maximum Gasteiger partial charge on any atom is 0.517 e. The fourth-order valence-electron chi connectivity index (χ4n) is 4.48. The van der Waals surface area contributed by atoms with Crippen LogP contribution in [0.2, 0.25) is 0 Å². The third-order valence-corrected chi connectivity index (χ3v) is 6.94. The molecular weight excluding hydrogens is 405 g/mol. The third kappa shape index (κ3) is 4.15. The average molecular weight is 441 g/mol. The number of piperidine rings is 1. The second-order valence-electron chi connectivity index (χ2n) is 11.1. The largest absolute Gasteiger partial charge is 0.517 e. The van der Waals surface area contributed by atoms with E-state index >= 15 is 0 Å². The molecule has 0 unspecified atom stereocenters. The van der Waals surface area contributed by atoms with Gasteiger partial charge in [-0.05, 0) is 74.3 Å². The highest BCUT2D eigenvalue weighted by molar-refractivity contribution is 6.64. The lowest BCUT2D eigenvalue weighted by atomic mass is 9.82. The molecule has 2 atom stereocenters. The minimum Gasteiger partial charge on any atom is -0.444 e. The van der Waals surface area contributed by atoms with Crippen molar-refractivity contribution in [1.82, 2.24) is 14.7 Å². The van der Waals surface area contributed by atoms with E-state index in [9.17, 15) is 4.79 Å². The van der Waals surface area contributed by atoms with Crippen LogP contribution in [0, 0.1) is 0 Å². The van der Waals surface area contributed by atoms with Gasteiger partial charge in [0.25, 0.3) is 0 Å². The van der Waals surface area contributed by atoms with E-state index in [2.05, 4.69) is 51.4 Å².